The Morgan fingerprint density at radius 3 is 3.00 bits per heavy atom. The molecular weight excluding hydrogens is 167 g/mol. The first-order valence-electron chi connectivity index (χ1n) is 3.47. The van der Waals surface area contributed by atoms with E-state index >= 15 is 0 Å². The minimum atomic E-state index is 0.0386. The Morgan fingerprint density at radius 1 is 1.40 bits per heavy atom. The van der Waals surface area contributed by atoms with E-state index in [1.54, 1.807) is 0 Å². The van der Waals surface area contributed by atoms with Gasteiger partial charge in [0.15, 0.2) is 0 Å². The van der Waals surface area contributed by atoms with E-state index in [2.05, 4.69) is 18.2 Å². The molecule has 0 aromatic rings. The molecule has 0 aromatic heterocycles. The van der Waals surface area contributed by atoms with Gasteiger partial charge in [-0.15, -0.1) is 11.6 Å². The number of fused-ring (bicyclic) bond motifs is 2. The van der Waals surface area contributed by atoms with Crippen LogP contribution in [0.2, 0.25) is 0 Å². The Bertz CT molecular complexity index is 205. The van der Waals surface area contributed by atoms with E-state index in [4.69, 9.17) is 23.2 Å². The molecule has 0 heterocycles. The summed E-state index contributed by atoms with van der Waals surface area (Å²) in [4.78, 5) is 0. The highest BCUT2D eigenvalue weighted by Crippen LogP contribution is 2.39. The van der Waals surface area contributed by atoms with Crippen molar-refractivity contribution in [2.24, 2.45) is 11.8 Å². The molecule has 0 aromatic carbocycles. The minimum absolute atomic E-state index is 0.0386. The second kappa shape index (κ2) is 2.28. The van der Waals surface area contributed by atoms with Gasteiger partial charge in [-0.3, -0.25) is 0 Å². The van der Waals surface area contributed by atoms with Crippen LogP contribution in [0.3, 0.4) is 0 Å². The zero-order chi connectivity index (χ0) is 7.14. The lowest BCUT2D eigenvalue weighted by atomic mass is 9.94. The Hall–Kier alpha value is 0.0600. The number of allylic oxidation sites excluding steroid dienone is 4. The van der Waals surface area contributed by atoms with Crippen molar-refractivity contribution in [1.29, 1.82) is 0 Å². The molecule has 2 heteroatoms. The molecule has 2 rings (SSSR count). The first kappa shape index (κ1) is 6.75. The second-order valence-corrected chi connectivity index (χ2v) is 3.81. The van der Waals surface area contributed by atoms with Gasteiger partial charge >= 0.3 is 0 Å². The average Bonchev–Trinajstić information content (AvgIpc) is 2.29. The van der Waals surface area contributed by atoms with E-state index in [0.717, 1.165) is 11.5 Å². The zero-order valence-electron chi connectivity index (χ0n) is 5.43. The number of rotatable bonds is 0. The van der Waals surface area contributed by atoms with Gasteiger partial charge in [-0.1, -0.05) is 29.8 Å². The third kappa shape index (κ3) is 0.906. The Morgan fingerprint density at radius 2 is 2.20 bits per heavy atom. The van der Waals surface area contributed by atoms with Crippen LogP contribution in [0.4, 0.5) is 0 Å². The minimum Gasteiger partial charge on any atom is -0.116 e. The van der Waals surface area contributed by atoms with Crippen LogP contribution in [0, 0.1) is 11.8 Å². The van der Waals surface area contributed by atoms with Crippen molar-refractivity contribution in [2.45, 2.75) is 11.8 Å². The summed E-state index contributed by atoms with van der Waals surface area (Å²) in [5, 5.41) is 0.865. The van der Waals surface area contributed by atoms with Gasteiger partial charge in [0, 0.05) is 5.03 Å². The molecule has 2 aliphatic rings. The summed E-state index contributed by atoms with van der Waals surface area (Å²) in [7, 11) is 0. The number of hydrogen-bond donors (Lipinski definition) is 0. The lowest BCUT2D eigenvalue weighted by Gasteiger charge is -2.21. The molecule has 0 radical (unpaired) electrons. The lowest BCUT2D eigenvalue weighted by Crippen LogP contribution is -2.16. The van der Waals surface area contributed by atoms with Crippen molar-refractivity contribution in [1.82, 2.24) is 0 Å². The largest absolute Gasteiger partial charge is 0.116 e. The first-order chi connectivity index (χ1) is 4.77. The van der Waals surface area contributed by atoms with Gasteiger partial charge in [0.2, 0.25) is 0 Å². The molecule has 0 N–H and O–H groups in total. The predicted molar refractivity (Wildman–Crippen MR) is 44.3 cm³/mol. The highest BCUT2D eigenvalue weighted by molar-refractivity contribution is 6.37. The van der Waals surface area contributed by atoms with Gasteiger partial charge in [-0.2, -0.15) is 0 Å². The maximum Gasteiger partial charge on any atom is 0.0752 e. The number of halogens is 2. The van der Waals surface area contributed by atoms with E-state index in [1.165, 1.54) is 0 Å². The smallest absolute Gasteiger partial charge is 0.0752 e. The van der Waals surface area contributed by atoms with Crippen LogP contribution < -0.4 is 0 Å². The monoisotopic (exact) mass is 174 g/mol. The maximum atomic E-state index is 6.01. The molecule has 0 fully saturated rings. The highest BCUT2D eigenvalue weighted by Gasteiger charge is 2.30. The summed E-state index contributed by atoms with van der Waals surface area (Å²) in [6, 6.07) is 0. The molecule has 54 valence electrons. The summed E-state index contributed by atoms with van der Waals surface area (Å²) >= 11 is 11.9. The van der Waals surface area contributed by atoms with E-state index in [-0.39, 0.29) is 5.38 Å². The second-order valence-electron chi connectivity index (χ2n) is 2.90. The molecule has 3 atom stereocenters. The van der Waals surface area contributed by atoms with Crippen molar-refractivity contribution in [3.05, 3.63) is 23.3 Å². The standard InChI is InChI=1S/C8H8Cl2/c9-7-4-5-1-2-6(3-5)8(7)10/h1-2,4-6,8H,3H2/t5-,6+,8?/m0/s1. The van der Waals surface area contributed by atoms with Crippen molar-refractivity contribution < 1.29 is 0 Å². The third-order valence-corrected chi connectivity index (χ3v) is 3.19. The van der Waals surface area contributed by atoms with Crippen LogP contribution in [0.25, 0.3) is 0 Å². The fourth-order valence-electron chi connectivity index (χ4n) is 1.60. The van der Waals surface area contributed by atoms with E-state index in [1.807, 2.05) is 0 Å². The molecule has 0 amide bonds. The first-order valence-corrected chi connectivity index (χ1v) is 4.28. The van der Waals surface area contributed by atoms with Gasteiger partial charge < -0.3 is 0 Å². The Labute approximate surface area is 70.5 Å². The summed E-state index contributed by atoms with van der Waals surface area (Å²) in [6.07, 6.45) is 7.58. The van der Waals surface area contributed by atoms with Crippen LogP contribution in [0.5, 0.6) is 0 Å². The van der Waals surface area contributed by atoms with Crippen molar-refractivity contribution >= 4 is 23.2 Å². The van der Waals surface area contributed by atoms with Crippen molar-refractivity contribution in [2.75, 3.05) is 0 Å². The van der Waals surface area contributed by atoms with Gasteiger partial charge in [-0.25, -0.2) is 0 Å². The topological polar surface area (TPSA) is 0 Å². The van der Waals surface area contributed by atoms with E-state index in [0.29, 0.717) is 11.8 Å². The van der Waals surface area contributed by atoms with Gasteiger partial charge in [-0.05, 0) is 18.3 Å². The number of alkyl halides is 1. The van der Waals surface area contributed by atoms with Gasteiger partial charge in [0.1, 0.15) is 0 Å². The molecule has 0 saturated carbocycles. The molecule has 10 heavy (non-hydrogen) atoms. The molecule has 0 saturated heterocycles. The van der Waals surface area contributed by atoms with E-state index < -0.39 is 0 Å². The molecule has 2 bridgehead atoms. The van der Waals surface area contributed by atoms with Gasteiger partial charge in [0.05, 0.1) is 5.38 Å². The number of hydrogen-bond acceptors (Lipinski definition) is 0. The average molecular weight is 175 g/mol. The zero-order valence-corrected chi connectivity index (χ0v) is 6.94. The molecule has 0 nitrogen and oxygen atoms in total. The van der Waals surface area contributed by atoms with Crippen molar-refractivity contribution in [3.63, 3.8) is 0 Å². The molecule has 0 spiro atoms. The van der Waals surface area contributed by atoms with Crippen molar-refractivity contribution in [3.8, 4) is 0 Å². The van der Waals surface area contributed by atoms with Crippen LogP contribution in [-0.4, -0.2) is 5.38 Å². The van der Waals surface area contributed by atoms with Crippen LogP contribution in [-0.2, 0) is 0 Å². The normalized spacial score (nSPS) is 43.8. The third-order valence-electron chi connectivity index (χ3n) is 2.16. The van der Waals surface area contributed by atoms with Crippen LogP contribution in [0.1, 0.15) is 6.42 Å². The predicted octanol–water partition coefficient (Wildman–Crippen LogP) is 2.92. The molecular formula is C8H8Cl2. The maximum absolute atomic E-state index is 6.01. The van der Waals surface area contributed by atoms with Crippen LogP contribution >= 0.6 is 23.2 Å². The molecule has 0 aliphatic heterocycles. The Balaban J connectivity index is 2.32. The molecule has 1 unspecified atom stereocenters. The lowest BCUT2D eigenvalue weighted by molar-refractivity contribution is 0.561. The summed E-state index contributed by atoms with van der Waals surface area (Å²) in [5.41, 5.74) is 0. The fourth-order valence-corrected chi connectivity index (χ4v) is 2.18. The Kier molecular flexibility index (Phi) is 1.54. The van der Waals surface area contributed by atoms with Crippen LogP contribution in [0.15, 0.2) is 23.3 Å². The van der Waals surface area contributed by atoms with Gasteiger partial charge in [0.25, 0.3) is 0 Å². The van der Waals surface area contributed by atoms with E-state index in [9.17, 15) is 0 Å². The summed E-state index contributed by atoms with van der Waals surface area (Å²) < 4.78 is 0. The quantitative estimate of drug-likeness (QED) is 0.392. The molecule has 2 aliphatic carbocycles. The SMILES string of the molecule is ClC1=C[C@H]2C=C[C@H](C2)C1Cl. The highest BCUT2D eigenvalue weighted by atomic mass is 35.5. The summed E-state index contributed by atoms with van der Waals surface area (Å²) in [5.74, 6) is 1.05. The summed E-state index contributed by atoms with van der Waals surface area (Å²) in [6.45, 7) is 0. The fraction of sp³-hybridized carbons (Fsp3) is 0.500.